The fourth-order valence-electron chi connectivity index (χ4n) is 9.95. The first kappa shape index (κ1) is 34.2. The maximum atomic E-state index is 14.9. The third-order valence-corrected chi connectivity index (χ3v) is 13.6. The summed E-state index contributed by atoms with van der Waals surface area (Å²) in [4.78, 5) is 44.8. The van der Waals surface area contributed by atoms with Gasteiger partial charge in [-0.25, -0.2) is 9.97 Å². The molecule has 1 atom stereocenters. The molecule has 0 radical (unpaired) electrons. The van der Waals surface area contributed by atoms with Gasteiger partial charge in [0.15, 0.2) is 5.82 Å². The number of rotatable bonds is 9. The van der Waals surface area contributed by atoms with Crippen LogP contribution in [0, 0.1) is 12.8 Å². The van der Waals surface area contributed by atoms with Gasteiger partial charge in [0, 0.05) is 60.8 Å². The van der Waals surface area contributed by atoms with Gasteiger partial charge in [-0.2, -0.15) is 0 Å². The van der Waals surface area contributed by atoms with Crippen LogP contribution in [0.3, 0.4) is 0 Å². The first-order chi connectivity index (χ1) is 26.3. The van der Waals surface area contributed by atoms with Gasteiger partial charge in [-0.3, -0.25) is 14.5 Å². The quantitative estimate of drug-likeness (QED) is 0.185. The Kier molecular flexibility index (Phi) is 8.34. The van der Waals surface area contributed by atoms with Crippen LogP contribution < -0.4 is 15.5 Å². The van der Waals surface area contributed by atoms with Crippen molar-refractivity contribution >= 4 is 40.0 Å². The highest BCUT2D eigenvalue weighted by Crippen LogP contribution is 2.53. The number of amides is 2. The molecular formula is C43H52N8O3. The molecule has 2 amide bonds. The number of imidazole rings is 1. The molecule has 54 heavy (non-hydrogen) atoms. The fourth-order valence-corrected chi connectivity index (χ4v) is 9.95. The van der Waals surface area contributed by atoms with E-state index in [0.29, 0.717) is 29.4 Å². The van der Waals surface area contributed by atoms with Crippen LogP contribution in [0.25, 0.3) is 22.3 Å². The molecule has 11 nitrogen and oxygen atoms in total. The summed E-state index contributed by atoms with van der Waals surface area (Å²) in [6.07, 6.45) is 13.3. The summed E-state index contributed by atoms with van der Waals surface area (Å²) in [5, 5.41) is 17.3. The molecule has 3 N–H and O–H groups in total. The lowest BCUT2D eigenvalue weighted by Crippen LogP contribution is -2.58. The summed E-state index contributed by atoms with van der Waals surface area (Å²) in [6, 6.07) is 15.6. The number of nitrogens with one attached hydrogen (secondary N) is 2. The summed E-state index contributed by atoms with van der Waals surface area (Å²) in [7, 11) is 1.65. The Balaban J connectivity index is 1.02. The van der Waals surface area contributed by atoms with Crippen LogP contribution in [-0.2, 0) is 10.2 Å². The van der Waals surface area contributed by atoms with Gasteiger partial charge in [0.25, 0.3) is 5.91 Å². The highest BCUT2D eigenvalue weighted by molar-refractivity contribution is 6.09. The second-order valence-electron chi connectivity index (χ2n) is 17.0. The van der Waals surface area contributed by atoms with Crippen LogP contribution >= 0.6 is 0 Å². The lowest BCUT2D eigenvalue weighted by Gasteiger charge is -2.48. The molecule has 3 aliphatic carbocycles. The SMILES string of the molecule is CNC(=O)c1cc(Nc2nc(-c3ccc4c(c3)N(C3CC(N5CCCCC5)C3)C(=O)C43CCN(C(O)C4CC4)CC3)cc3ncn(C4CC4)c23)ccc1C. The molecule has 11 heteroatoms. The molecule has 4 aromatic rings. The second-order valence-corrected chi connectivity index (χ2v) is 17.0. The van der Waals surface area contributed by atoms with Crippen molar-refractivity contribution in [3.63, 3.8) is 0 Å². The van der Waals surface area contributed by atoms with Crippen LogP contribution in [-0.4, -0.2) is 92.8 Å². The van der Waals surface area contributed by atoms with Crippen molar-refractivity contribution < 1.29 is 14.7 Å². The van der Waals surface area contributed by atoms with Gasteiger partial charge in [0.1, 0.15) is 11.7 Å². The number of nitrogens with zero attached hydrogens (tertiary/aromatic N) is 6. The number of carbonyl (C=O) groups is 2. The Labute approximate surface area is 317 Å². The number of aryl methyl sites for hydroxylation is 1. The number of fused-ring (bicyclic) bond motifs is 3. The van der Waals surface area contributed by atoms with Gasteiger partial charge in [-0.05, 0) is 126 Å². The first-order valence-electron chi connectivity index (χ1n) is 20.4. The molecule has 6 aliphatic rings. The average Bonchev–Trinajstić information content (AvgIpc) is 4.13. The third-order valence-electron chi connectivity index (χ3n) is 13.6. The normalized spacial score (nSPS) is 24.8. The number of likely N-dealkylation sites (tertiary alicyclic amines) is 2. The summed E-state index contributed by atoms with van der Waals surface area (Å²) in [6.45, 7) is 5.75. The zero-order valence-corrected chi connectivity index (χ0v) is 31.6. The molecule has 2 aromatic heterocycles. The molecule has 282 valence electrons. The van der Waals surface area contributed by atoms with Gasteiger partial charge in [-0.15, -0.1) is 0 Å². The molecule has 5 heterocycles. The van der Waals surface area contributed by atoms with E-state index in [1.165, 1.54) is 32.4 Å². The summed E-state index contributed by atoms with van der Waals surface area (Å²) in [5.41, 5.74) is 7.49. The van der Waals surface area contributed by atoms with E-state index in [4.69, 9.17) is 9.97 Å². The molecule has 1 spiro atoms. The Hall–Kier alpha value is -4.32. The molecule has 2 aromatic carbocycles. The standard InChI is InChI=1S/C43H52N8O3/c1-26-6-10-29(21-33(26)40(52)44-2)46-39-38-36(45-25-50(38)30-11-12-30)24-35(47-39)28-9-13-34-37(20-28)51(32-22-31(23-32)48-16-4-3-5-17-48)42(54)43(34)14-18-49(19-15-43)41(53)27-7-8-27/h6,9-10,13,20-21,24-25,27,30-32,41,53H,3-5,7-8,11-12,14-19,22-23H2,1-2H3,(H,44,52)(H,46,47). The predicted octanol–water partition coefficient (Wildman–Crippen LogP) is 6.27. The van der Waals surface area contributed by atoms with E-state index >= 15 is 0 Å². The van der Waals surface area contributed by atoms with Crippen LogP contribution in [0.1, 0.15) is 98.2 Å². The number of hydrogen-bond acceptors (Lipinski definition) is 8. The number of aliphatic hydroxyl groups is 1. The lowest BCUT2D eigenvalue weighted by molar-refractivity contribution is -0.127. The highest BCUT2D eigenvalue weighted by atomic mass is 16.3. The van der Waals surface area contributed by atoms with E-state index in [2.05, 4.69) is 54.2 Å². The Morgan fingerprint density at radius 2 is 1.70 bits per heavy atom. The predicted molar refractivity (Wildman–Crippen MR) is 210 cm³/mol. The number of anilines is 3. The zero-order chi connectivity index (χ0) is 36.7. The van der Waals surface area contributed by atoms with Crippen molar-refractivity contribution in [1.29, 1.82) is 0 Å². The van der Waals surface area contributed by atoms with Crippen molar-refractivity contribution in [2.24, 2.45) is 5.92 Å². The van der Waals surface area contributed by atoms with Gasteiger partial charge in [0.2, 0.25) is 5.91 Å². The van der Waals surface area contributed by atoms with E-state index in [9.17, 15) is 14.7 Å². The number of aromatic nitrogens is 3. The minimum Gasteiger partial charge on any atom is -0.378 e. The van der Waals surface area contributed by atoms with Crippen LogP contribution in [0.5, 0.6) is 0 Å². The minimum atomic E-state index is -0.565. The number of aliphatic hydroxyl groups excluding tert-OH is 1. The first-order valence-corrected chi connectivity index (χ1v) is 20.4. The highest BCUT2D eigenvalue weighted by Gasteiger charge is 2.56. The van der Waals surface area contributed by atoms with Crippen LogP contribution in [0.2, 0.25) is 0 Å². The molecule has 0 bridgehead atoms. The van der Waals surface area contributed by atoms with E-state index in [-0.39, 0.29) is 17.9 Å². The van der Waals surface area contributed by atoms with Crippen molar-refractivity contribution in [1.82, 2.24) is 29.7 Å². The van der Waals surface area contributed by atoms with E-state index < -0.39 is 11.6 Å². The number of hydrogen-bond donors (Lipinski definition) is 3. The van der Waals surface area contributed by atoms with E-state index in [1.54, 1.807) is 7.05 Å². The van der Waals surface area contributed by atoms with E-state index in [0.717, 1.165) is 109 Å². The van der Waals surface area contributed by atoms with Crippen molar-refractivity contribution in [2.45, 2.75) is 107 Å². The fraction of sp³-hybridized carbons (Fsp3) is 0.535. The molecule has 2 saturated heterocycles. The Bertz CT molecular complexity index is 2120. The van der Waals surface area contributed by atoms with Crippen LogP contribution in [0.4, 0.5) is 17.2 Å². The number of carbonyl (C=O) groups excluding carboxylic acids is 2. The zero-order valence-electron chi connectivity index (χ0n) is 31.6. The van der Waals surface area contributed by atoms with E-state index in [1.807, 2.05) is 31.5 Å². The molecular weight excluding hydrogens is 677 g/mol. The van der Waals surface area contributed by atoms with Crippen molar-refractivity contribution in [2.75, 3.05) is 43.4 Å². The molecule has 5 fully saturated rings. The number of piperidine rings is 2. The Morgan fingerprint density at radius 1 is 0.926 bits per heavy atom. The number of benzene rings is 2. The smallest absolute Gasteiger partial charge is 0.251 e. The summed E-state index contributed by atoms with van der Waals surface area (Å²) >= 11 is 0. The molecule has 3 saturated carbocycles. The monoisotopic (exact) mass is 728 g/mol. The van der Waals surface area contributed by atoms with Gasteiger partial charge in [-0.1, -0.05) is 24.6 Å². The topological polar surface area (TPSA) is 119 Å². The van der Waals surface area contributed by atoms with Gasteiger partial charge in [0.05, 0.1) is 23.0 Å². The molecule has 10 rings (SSSR count). The number of pyridine rings is 1. The maximum Gasteiger partial charge on any atom is 0.251 e. The van der Waals surface area contributed by atoms with Crippen molar-refractivity contribution in [3.05, 3.63) is 65.5 Å². The summed E-state index contributed by atoms with van der Waals surface area (Å²) in [5.74, 6) is 1.21. The second kappa shape index (κ2) is 13.2. The minimum absolute atomic E-state index is 0.125. The Morgan fingerprint density at radius 3 is 2.43 bits per heavy atom. The maximum absolute atomic E-state index is 14.9. The average molecular weight is 729 g/mol. The lowest BCUT2D eigenvalue weighted by atomic mass is 9.73. The van der Waals surface area contributed by atoms with Gasteiger partial charge >= 0.3 is 0 Å². The molecule has 1 unspecified atom stereocenters. The van der Waals surface area contributed by atoms with Gasteiger partial charge < -0.3 is 30.1 Å². The molecule has 3 aliphatic heterocycles. The van der Waals surface area contributed by atoms with Crippen molar-refractivity contribution in [3.8, 4) is 11.3 Å². The third kappa shape index (κ3) is 5.73. The largest absolute Gasteiger partial charge is 0.378 e. The summed E-state index contributed by atoms with van der Waals surface area (Å²) < 4.78 is 2.23. The van der Waals surface area contributed by atoms with Crippen LogP contribution in [0.15, 0.2) is 48.8 Å².